The summed E-state index contributed by atoms with van der Waals surface area (Å²) in [5, 5.41) is 15.1. The largest absolute Gasteiger partial charge is 0.496 e. The molecule has 1 aliphatic heterocycles. The van der Waals surface area contributed by atoms with Gasteiger partial charge >= 0.3 is 0 Å². The van der Waals surface area contributed by atoms with Gasteiger partial charge in [-0.2, -0.15) is 0 Å². The third-order valence-electron chi connectivity index (χ3n) is 4.47. The number of nitrogens with one attached hydrogen (secondary N) is 1. The van der Waals surface area contributed by atoms with E-state index in [1.807, 2.05) is 24.3 Å². The highest BCUT2D eigenvalue weighted by molar-refractivity contribution is 6.30. The van der Waals surface area contributed by atoms with Gasteiger partial charge in [0.05, 0.1) is 18.1 Å². The Morgan fingerprint density at radius 1 is 1.36 bits per heavy atom. The van der Waals surface area contributed by atoms with Crippen LogP contribution < -0.4 is 10.1 Å². The van der Waals surface area contributed by atoms with E-state index >= 15 is 0 Å². The molecule has 25 heavy (non-hydrogen) atoms. The fourth-order valence-corrected chi connectivity index (χ4v) is 3.41. The van der Waals surface area contributed by atoms with E-state index in [9.17, 15) is 10.1 Å². The van der Waals surface area contributed by atoms with Gasteiger partial charge in [-0.1, -0.05) is 29.8 Å². The summed E-state index contributed by atoms with van der Waals surface area (Å²) < 4.78 is 5.49. The van der Waals surface area contributed by atoms with Gasteiger partial charge < -0.3 is 10.1 Å². The van der Waals surface area contributed by atoms with Crippen LogP contribution in [0.15, 0.2) is 42.5 Å². The van der Waals surface area contributed by atoms with Crippen molar-refractivity contribution in [1.29, 1.82) is 0 Å². The number of para-hydroxylation sites is 1. The van der Waals surface area contributed by atoms with E-state index < -0.39 is 0 Å². The zero-order valence-corrected chi connectivity index (χ0v) is 14.7. The maximum atomic E-state index is 11.4. The molecule has 0 bridgehead atoms. The van der Waals surface area contributed by atoms with Crippen LogP contribution in [0, 0.1) is 10.1 Å². The van der Waals surface area contributed by atoms with Gasteiger partial charge in [-0.25, -0.2) is 0 Å². The number of rotatable bonds is 5. The van der Waals surface area contributed by atoms with Gasteiger partial charge in [-0.3, -0.25) is 15.0 Å². The van der Waals surface area contributed by atoms with Crippen molar-refractivity contribution >= 4 is 17.3 Å². The maximum absolute atomic E-state index is 11.4. The molecule has 1 unspecified atom stereocenters. The Morgan fingerprint density at radius 3 is 2.92 bits per heavy atom. The molecule has 1 aliphatic rings. The number of ether oxygens (including phenoxy) is 1. The predicted octanol–water partition coefficient (Wildman–Crippen LogP) is 3.40. The number of benzene rings is 2. The Labute approximate surface area is 151 Å². The summed E-state index contributed by atoms with van der Waals surface area (Å²) in [5.41, 5.74) is 1.80. The smallest absolute Gasteiger partial charge is 0.275 e. The second-order valence-corrected chi connectivity index (χ2v) is 6.40. The molecule has 1 fully saturated rings. The highest BCUT2D eigenvalue weighted by atomic mass is 35.5. The fourth-order valence-electron chi connectivity index (χ4n) is 3.24. The molecule has 0 radical (unpaired) electrons. The Bertz CT molecular complexity index is 769. The standard InChI is InChI=1S/C18H20ClN3O3/c1-25-18-5-3-2-4-15(18)17-11-20-8-9-21(17)12-13-6-7-14(19)10-16(13)22(23)24/h2-7,10,17,20H,8-9,11-12H2,1H3. The van der Waals surface area contributed by atoms with Crippen LogP contribution in [0.4, 0.5) is 5.69 Å². The molecule has 1 saturated heterocycles. The zero-order valence-electron chi connectivity index (χ0n) is 13.9. The SMILES string of the molecule is COc1ccccc1C1CNCCN1Cc1ccc(Cl)cc1[N+](=O)[O-]. The van der Waals surface area contributed by atoms with E-state index in [4.69, 9.17) is 16.3 Å². The number of methoxy groups -OCH3 is 1. The molecule has 132 valence electrons. The minimum atomic E-state index is -0.373. The Hall–Kier alpha value is -2.15. The summed E-state index contributed by atoms with van der Waals surface area (Å²) in [4.78, 5) is 13.2. The van der Waals surface area contributed by atoms with Crippen molar-refractivity contribution in [3.05, 3.63) is 68.7 Å². The van der Waals surface area contributed by atoms with Crippen molar-refractivity contribution in [2.75, 3.05) is 26.7 Å². The highest BCUT2D eigenvalue weighted by Gasteiger charge is 2.28. The fraction of sp³-hybridized carbons (Fsp3) is 0.333. The number of nitrogens with zero attached hydrogens (tertiary/aromatic N) is 2. The van der Waals surface area contributed by atoms with Crippen LogP contribution in [0.5, 0.6) is 5.75 Å². The van der Waals surface area contributed by atoms with E-state index in [1.165, 1.54) is 6.07 Å². The first-order valence-electron chi connectivity index (χ1n) is 8.10. The molecular formula is C18H20ClN3O3. The van der Waals surface area contributed by atoms with Crippen LogP contribution in [0.1, 0.15) is 17.2 Å². The molecule has 0 saturated carbocycles. The number of nitro groups is 1. The third kappa shape index (κ3) is 3.92. The summed E-state index contributed by atoms with van der Waals surface area (Å²) in [5.74, 6) is 0.826. The van der Waals surface area contributed by atoms with Gasteiger partial charge in [-0.15, -0.1) is 0 Å². The van der Waals surface area contributed by atoms with Gasteiger partial charge in [0.2, 0.25) is 0 Å². The van der Waals surface area contributed by atoms with Crippen molar-refractivity contribution in [2.45, 2.75) is 12.6 Å². The summed E-state index contributed by atoms with van der Waals surface area (Å²) in [6, 6.07) is 12.8. The summed E-state index contributed by atoms with van der Waals surface area (Å²) in [7, 11) is 1.66. The molecule has 3 rings (SSSR count). The van der Waals surface area contributed by atoms with Crippen molar-refractivity contribution in [3.63, 3.8) is 0 Å². The molecule has 0 amide bonds. The molecule has 7 heteroatoms. The quantitative estimate of drug-likeness (QED) is 0.653. The van der Waals surface area contributed by atoms with Crippen LogP contribution in [-0.2, 0) is 6.54 Å². The molecule has 2 aromatic rings. The Balaban J connectivity index is 1.91. The van der Waals surface area contributed by atoms with E-state index in [1.54, 1.807) is 19.2 Å². The number of hydrogen-bond acceptors (Lipinski definition) is 5. The molecular weight excluding hydrogens is 342 g/mol. The number of hydrogen-bond donors (Lipinski definition) is 1. The van der Waals surface area contributed by atoms with Crippen molar-refractivity contribution in [1.82, 2.24) is 10.2 Å². The molecule has 6 nitrogen and oxygen atoms in total. The first-order valence-corrected chi connectivity index (χ1v) is 8.48. The number of nitro benzene ring substituents is 1. The average Bonchev–Trinajstić information content (AvgIpc) is 2.63. The first-order chi connectivity index (χ1) is 12.1. The summed E-state index contributed by atoms with van der Waals surface area (Å²) in [6.07, 6.45) is 0. The zero-order chi connectivity index (χ0) is 17.8. The van der Waals surface area contributed by atoms with Crippen LogP contribution in [0.25, 0.3) is 0 Å². The monoisotopic (exact) mass is 361 g/mol. The van der Waals surface area contributed by atoms with Crippen LogP contribution in [0.3, 0.4) is 0 Å². The lowest BCUT2D eigenvalue weighted by Gasteiger charge is -2.37. The van der Waals surface area contributed by atoms with Crippen molar-refractivity contribution < 1.29 is 9.66 Å². The van der Waals surface area contributed by atoms with Crippen molar-refractivity contribution in [2.24, 2.45) is 0 Å². The van der Waals surface area contributed by atoms with Crippen LogP contribution >= 0.6 is 11.6 Å². The highest BCUT2D eigenvalue weighted by Crippen LogP contribution is 2.33. The topological polar surface area (TPSA) is 67.6 Å². The van der Waals surface area contributed by atoms with Crippen LogP contribution in [-0.4, -0.2) is 36.6 Å². The molecule has 1 N–H and O–H groups in total. The van der Waals surface area contributed by atoms with E-state index in [0.717, 1.165) is 30.9 Å². The van der Waals surface area contributed by atoms with E-state index in [2.05, 4.69) is 10.2 Å². The van der Waals surface area contributed by atoms with Crippen molar-refractivity contribution in [3.8, 4) is 5.75 Å². The van der Waals surface area contributed by atoms with E-state index in [0.29, 0.717) is 17.1 Å². The lowest BCUT2D eigenvalue weighted by atomic mass is 10.0. The first kappa shape index (κ1) is 17.7. The Morgan fingerprint density at radius 2 is 2.16 bits per heavy atom. The van der Waals surface area contributed by atoms with Gasteiger partial charge in [0.15, 0.2) is 0 Å². The minimum Gasteiger partial charge on any atom is -0.496 e. The minimum absolute atomic E-state index is 0.0600. The lowest BCUT2D eigenvalue weighted by Crippen LogP contribution is -2.45. The summed E-state index contributed by atoms with van der Waals surface area (Å²) in [6.45, 7) is 2.88. The molecule has 1 atom stereocenters. The predicted molar refractivity (Wildman–Crippen MR) is 97.1 cm³/mol. The van der Waals surface area contributed by atoms with Gasteiger partial charge in [0.25, 0.3) is 5.69 Å². The van der Waals surface area contributed by atoms with E-state index in [-0.39, 0.29) is 16.7 Å². The molecule has 2 aromatic carbocycles. The molecule has 1 heterocycles. The molecule has 0 spiro atoms. The van der Waals surface area contributed by atoms with Gasteiger partial charge in [-0.05, 0) is 18.2 Å². The maximum Gasteiger partial charge on any atom is 0.275 e. The summed E-state index contributed by atoms with van der Waals surface area (Å²) >= 11 is 5.92. The Kier molecular flexibility index (Phi) is 5.53. The van der Waals surface area contributed by atoms with Gasteiger partial charge in [0, 0.05) is 48.4 Å². The molecule has 0 aromatic heterocycles. The molecule has 0 aliphatic carbocycles. The van der Waals surface area contributed by atoms with Gasteiger partial charge in [0.1, 0.15) is 5.75 Å². The van der Waals surface area contributed by atoms with Crippen LogP contribution in [0.2, 0.25) is 5.02 Å². The number of halogens is 1. The second kappa shape index (κ2) is 7.82. The lowest BCUT2D eigenvalue weighted by molar-refractivity contribution is -0.385. The number of piperazine rings is 1. The second-order valence-electron chi connectivity index (χ2n) is 5.96. The normalized spacial score (nSPS) is 18.1. The third-order valence-corrected chi connectivity index (χ3v) is 4.70. The average molecular weight is 362 g/mol.